The van der Waals surface area contributed by atoms with Gasteiger partial charge in [-0.2, -0.15) is 5.10 Å². The first-order chi connectivity index (χ1) is 9.51. The summed E-state index contributed by atoms with van der Waals surface area (Å²) in [5, 5.41) is 7.93. The molecule has 0 aliphatic heterocycles. The average molecular weight is 294 g/mol. The lowest BCUT2D eigenvalue weighted by atomic mass is 10.3. The molecule has 2 rings (SSSR count). The second kappa shape index (κ2) is 6.15. The molecule has 0 radical (unpaired) electrons. The number of aromatic nitrogens is 3. The number of thiazole rings is 1. The van der Waals surface area contributed by atoms with Crippen LogP contribution < -0.4 is 0 Å². The number of nitrogens with zero attached hydrogens (tertiary/aromatic N) is 3. The van der Waals surface area contributed by atoms with E-state index in [1.807, 2.05) is 19.9 Å². The predicted molar refractivity (Wildman–Crippen MR) is 76.7 cm³/mol. The predicted octanol–water partition coefficient (Wildman–Crippen LogP) is 1.90. The van der Waals surface area contributed by atoms with Crippen molar-refractivity contribution in [3.63, 3.8) is 0 Å². The summed E-state index contributed by atoms with van der Waals surface area (Å²) in [6, 6.07) is 1.90. The summed E-state index contributed by atoms with van der Waals surface area (Å²) in [7, 11) is 3.40. The normalized spacial score (nSPS) is 10.8. The van der Waals surface area contributed by atoms with Crippen LogP contribution in [0.25, 0.3) is 0 Å². The number of carbonyl (C=O) groups is 1. The number of nitrogens with one attached hydrogen (secondary N) is 1. The molecular formula is C13H18N4O2S. The van der Waals surface area contributed by atoms with Crippen molar-refractivity contribution in [2.75, 3.05) is 14.2 Å². The molecule has 0 spiro atoms. The standard InChI is InChI=1S/C13H18N4O2S/c1-8-12(20-9(2)14-8)13(18)17(3)6-10-5-11(7-19-4)16-15-10/h5H,6-7H2,1-4H3,(H,15,16). The number of carbonyl (C=O) groups excluding carboxylic acids is 1. The Labute approximate surface area is 121 Å². The van der Waals surface area contributed by atoms with Gasteiger partial charge in [0.15, 0.2) is 0 Å². The third kappa shape index (κ3) is 3.23. The lowest BCUT2D eigenvalue weighted by molar-refractivity contribution is 0.0787. The Kier molecular flexibility index (Phi) is 4.51. The Morgan fingerprint density at radius 1 is 1.50 bits per heavy atom. The van der Waals surface area contributed by atoms with Crippen molar-refractivity contribution in [1.82, 2.24) is 20.1 Å². The largest absolute Gasteiger partial charge is 0.378 e. The number of aryl methyl sites for hydroxylation is 2. The summed E-state index contributed by atoms with van der Waals surface area (Å²) >= 11 is 1.43. The van der Waals surface area contributed by atoms with E-state index in [0.717, 1.165) is 22.1 Å². The van der Waals surface area contributed by atoms with Gasteiger partial charge in [0, 0.05) is 14.2 Å². The van der Waals surface area contributed by atoms with Gasteiger partial charge >= 0.3 is 0 Å². The summed E-state index contributed by atoms with van der Waals surface area (Å²) in [6.07, 6.45) is 0. The van der Waals surface area contributed by atoms with E-state index in [-0.39, 0.29) is 5.91 Å². The van der Waals surface area contributed by atoms with Gasteiger partial charge in [-0.25, -0.2) is 4.98 Å². The van der Waals surface area contributed by atoms with Gasteiger partial charge in [-0.1, -0.05) is 0 Å². The first-order valence-electron chi connectivity index (χ1n) is 6.23. The Morgan fingerprint density at radius 3 is 2.85 bits per heavy atom. The molecule has 0 bridgehead atoms. The van der Waals surface area contributed by atoms with E-state index in [4.69, 9.17) is 4.74 Å². The van der Waals surface area contributed by atoms with E-state index in [1.54, 1.807) is 19.1 Å². The highest BCUT2D eigenvalue weighted by Gasteiger charge is 2.18. The van der Waals surface area contributed by atoms with Crippen LogP contribution in [0.2, 0.25) is 0 Å². The number of ether oxygens (including phenoxy) is 1. The maximum Gasteiger partial charge on any atom is 0.265 e. The molecule has 0 fully saturated rings. The number of H-pyrrole nitrogens is 1. The Balaban J connectivity index is 2.05. The highest BCUT2D eigenvalue weighted by atomic mass is 32.1. The third-order valence-electron chi connectivity index (χ3n) is 2.83. The summed E-state index contributed by atoms with van der Waals surface area (Å²) in [4.78, 5) is 19.0. The Morgan fingerprint density at radius 2 is 2.25 bits per heavy atom. The molecule has 0 unspecified atom stereocenters. The number of methoxy groups -OCH3 is 1. The Bertz CT molecular complexity index is 605. The lowest BCUT2D eigenvalue weighted by Gasteiger charge is -2.15. The summed E-state index contributed by atoms with van der Waals surface area (Å²) < 4.78 is 5.01. The molecule has 20 heavy (non-hydrogen) atoms. The van der Waals surface area contributed by atoms with Crippen molar-refractivity contribution >= 4 is 17.2 Å². The van der Waals surface area contributed by atoms with Gasteiger partial charge in [-0.3, -0.25) is 9.89 Å². The molecular weight excluding hydrogens is 276 g/mol. The van der Waals surface area contributed by atoms with Crippen LogP contribution in [0.4, 0.5) is 0 Å². The molecule has 0 saturated carbocycles. The lowest BCUT2D eigenvalue weighted by Crippen LogP contribution is -2.26. The number of amides is 1. The fourth-order valence-corrected chi connectivity index (χ4v) is 2.86. The molecule has 0 aromatic carbocycles. The molecule has 0 atom stereocenters. The summed E-state index contributed by atoms with van der Waals surface area (Å²) in [5.74, 6) is -0.0176. The molecule has 2 heterocycles. The van der Waals surface area contributed by atoms with Gasteiger partial charge in [0.1, 0.15) is 4.88 Å². The molecule has 1 N–H and O–H groups in total. The van der Waals surface area contributed by atoms with Crippen molar-refractivity contribution < 1.29 is 9.53 Å². The quantitative estimate of drug-likeness (QED) is 0.914. The van der Waals surface area contributed by atoms with Crippen LogP contribution in [-0.4, -0.2) is 40.1 Å². The van der Waals surface area contributed by atoms with Gasteiger partial charge in [-0.05, 0) is 19.9 Å². The molecule has 0 aliphatic rings. The molecule has 6 nitrogen and oxygen atoms in total. The third-order valence-corrected chi connectivity index (χ3v) is 3.89. The van der Waals surface area contributed by atoms with Crippen molar-refractivity contribution in [2.24, 2.45) is 0 Å². The van der Waals surface area contributed by atoms with Crippen molar-refractivity contribution in [2.45, 2.75) is 27.0 Å². The number of hydrogen-bond donors (Lipinski definition) is 1. The van der Waals surface area contributed by atoms with E-state index < -0.39 is 0 Å². The molecule has 108 valence electrons. The van der Waals surface area contributed by atoms with E-state index in [2.05, 4.69) is 15.2 Å². The smallest absolute Gasteiger partial charge is 0.265 e. The number of aromatic amines is 1. The van der Waals surface area contributed by atoms with Gasteiger partial charge < -0.3 is 9.64 Å². The maximum absolute atomic E-state index is 12.4. The minimum Gasteiger partial charge on any atom is -0.378 e. The average Bonchev–Trinajstić information content (AvgIpc) is 2.95. The topological polar surface area (TPSA) is 71.1 Å². The van der Waals surface area contributed by atoms with Crippen LogP contribution in [0.3, 0.4) is 0 Å². The second-order valence-corrected chi connectivity index (χ2v) is 5.83. The van der Waals surface area contributed by atoms with Crippen LogP contribution in [-0.2, 0) is 17.9 Å². The van der Waals surface area contributed by atoms with Crippen molar-refractivity contribution in [1.29, 1.82) is 0 Å². The molecule has 1 amide bonds. The van der Waals surface area contributed by atoms with E-state index in [9.17, 15) is 4.79 Å². The van der Waals surface area contributed by atoms with E-state index >= 15 is 0 Å². The first kappa shape index (κ1) is 14.7. The van der Waals surface area contributed by atoms with Gasteiger partial charge in [-0.15, -0.1) is 11.3 Å². The van der Waals surface area contributed by atoms with Crippen LogP contribution in [0.15, 0.2) is 6.07 Å². The van der Waals surface area contributed by atoms with Gasteiger partial charge in [0.05, 0.1) is 35.2 Å². The van der Waals surface area contributed by atoms with Crippen LogP contribution in [0.5, 0.6) is 0 Å². The zero-order chi connectivity index (χ0) is 14.7. The minimum absolute atomic E-state index is 0.0176. The van der Waals surface area contributed by atoms with E-state index in [0.29, 0.717) is 18.0 Å². The number of rotatable bonds is 5. The minimum atomic E-state index is -0.0176. The highest BCUT2D eigenvalue weighted by molar-refractivity contribution is 7.13. The second-order valence-electron chi connectivity index (χ2n) is 4.63. The molecule has 0 aliphatic carbocycles. The van der Waals surface area contributed by atoms with Gasteiger partial charge in [0.25, 0.3) is 5.91 Å². The van der Waals surface area contributed by atoms with Crippen molar-refractivity contribution in [3.05, 3.63) is 33.0 Å². The fraction of sp³-hybridized carbons (Fsp3) is 0.462. The highest BCUT2D eigenvalue weighted by Crippen LogP contribution is 2.19. The van der Waals surface area contributed by atoms with Crippen LogP contribution in [0.1, 0.15) is 31.8 Å². The summed E-state index contributed by atoms with van der Waals surface area (Å²) in [6.45, 7) is 4.70. The Hall–Kier alpha value is -1.73. The fourth-order valence-electron chi connectivity index (χ4n) is 1.94. The summed E-state index contributed by atoms with van der Waals surface area (Å²) in [5.41, 5.74) is 2.49. The first-order valence-corrected chi connectivity index (χ1v) is 7.04. The molecule has 2 aromatic heterocycles. The SMILES string of the molecule is COCc1cc(CN(C)C(=O)c2sc(C)nc2C)[nH]n1. The zero-order valence-electron chi connectivity index (χ0n) is 12.1. The van der Waals surface area contributed by atoms with Crippen LogP contribution in [0, 0.1) is 13.8 Å². The maximum atomic E-state index is 12.4. The monoisotopic (exact) mass is 294 g/mol. The molecule has 0 saturated heterocycles. The van der Waals surface area contributed by atoms with Gasteiger partial charge in [0.2, 0.25) is 0 Å². The van der Waals surface area contributed by atoms with Crippen molar-refractivity contribution in [3.8, 4) is 0 Å². The number of hydrogen-bond acceptors (Lipinski definition) is 5. The molecule has 7 heteroatoms. The van der Waals surface area contributed by atoms with Crippen LogP contribution >= 0.6 is 11.3 Å². The van der Waals surface area contributed by atoms with E-state index in [1.165, 1.54) is 11.3 Å². The molecule has 2 aromatic rings. The zero-order valence-corrected chi connectivity index (χ0v) is 12.9.